The number of nitrogens with zero attached hydrogens (tertiary/aromatic N) is 3. The molecule has 0 aliphatic carbocycles. The Labute approximate surface area is 151 Å². The molecule has 0 radical (unpaired) electrons. The van der Waals surface area contributed by atoms with Crippen molar-refractivity contribution in [3.05, 3.63) is 41.3 Å². The molecular weight excluding hydrogens is 358 g/mol. The zero-order valence-corrected chi connectivity index (χ0v) is 15.9. The molecule has 0 aliphatic rings. The maximum absolute atomic E-state index is 12.8. The lowest BCUT2D eigenvalue weighted by Crippen LogP contribution is -2.30. The first-order valence-corrected chi connectivity index (χ1v) is 10.2. The monoisotopic (exact) mass is 377 g/mol. The van der Waals surface area contributed by atoms with E-state index in [1.807, 2.05) is 44.2 Å². The average molecular weight is 377 g/mol. The number of sulfonamides is 1. The fraction of sp³-hybridized carbons (Fsp3) is 0.294. The highest BCUT2D eigenvalue weighted by molar-refractivity contribution is 7.89. The van der Waals surface area contributed by atoms with Gasteiger partial charge in [0.1, 0.15) is 0 Å². The number of hydrogen-bond acceptors (Lipinski definition) is 6. The Morgan fingerprint density at radius 1 is 1.16 bits per heavy atom. The van der Waals surface area contributed by atoms with E-state index in [9.17, 15) is 8.42 Å². The van der Waals surface area contributed by atoms with Crippen LogP contribution in [-0.2, 0) is 10.0 Å². The van der Waals surface area contributed by atoms with Gasteiger partial charge in [-0.15, -0.1) is 11.3 Å². The maximum atomic E-state index is 12.8. The highest BCUT2D eigenvalue weighted by Crippen LogP contribution is 2.34. The molecule has 0 bridgehead atoms. The van der Waals surface area contributed by atoms with E-state index in [2.05, 4.69) is 10.1 Å². The molecule has 0 unspecified atom stereocenters. The van der Waals surface area contributed by atoms with Crippen LogP contribution in [-0.4, -0.2) is 36.0 Å². The molecule has 25 heavy (non-hydrogen) atoms. The van der Waals surface area contributed by atoms with E-state index in [0.717, 1.165) is 5.56 Å². The molecule has 2 aromatic heterocycles. The summed E-state index contributed by atoms with van der Waals surface area (Å²) in [4.78, 5) is 6.06. The summed E-state index contributed by atoms with van der Waals surface area (Å²) < 4.78 is 32.3. The number of hydrogen-bond donors (Lipinski definition) is 0. The van der Waals surface area contributed by atoms with Crippen LogP contribution in [0, 0.1) is 6.92 Å². The molecule has 0 amide bonds. The number of benzene rings is 1. The minimum Gasteiger partial charge on any atom is -0.333 e. The minimum absolute atomic E-state index is 0.302. The molecule has 0 aliphatic heterocycles. The summed E-state index contributed by atoms with van der Waals surface area (Å²) in [6.45, 7) is 6.31. The third-order valence-corrected chi connectivity index (χ3v) is 7.21. The molecule has 0 saturated carbocycles. The predicted molar refractivity (Wildman–Crippen MR) is 97.9 cm³/mol. The lowest BCUT2D eigenvalue weighted by molar-refractivity contribution is 0.433. The summed E-state index contributed by atoms with van der Waals surface area (Å²) >= 11 is 1.34. The van der Waals surface area contributed by atoms with Crippen LogP contribution < -0.4 is 0 Å². The molecule has 0 atom stereocenters. The van der Waals surface area contributed by atoms with Gasteiger partial charge < -0.3 is 4.52 Å². The van der Waals surface area contributed by atoms with Crippen LogP contribution in [0.5, 0.6) is 0 Å². The third-order valence-electron chi connectivity index (χ3n) is 3.86. The van der Waals surface area contributed by atoms with Crippen molar-refractivity contribution in [3.63, 3.8) is 0 Å². The molecule has 0 spiro atoms. The van der Waals surface area contributed by atoms with E-state index in [1.165, 1.54) is 15.6 Å². The van der Waals surface area contributed by atoms with Crippen LogP contribution >= 0.6 is 11.3 Å². The Morgan fingerprint density at radius 3 is 2.48 bits per heavy atom. The highest BCUT2D eigenvalue weighted by atomic mass is 32.2. The van der Waals surface area contributed by atoms with Gasteiger partial charge in [0.05, 0.1) is 9.77 Å². The molecule has 132 valence electrons. The van der Waals surface area contributed by atoms with Crippen molar-refractivity contribution in [2.45, 2.75) is 25.7 Å². The van der Waals surface area contributed by atoms with Gasteiger partial charge in [0.15, 0.2) is 0 Å². The molecule has 0 N–H and O–H groups in total. The molecule has 8 heteroatoms. The molecule has 6 nitrogen and oxygen atoms in total. The molecule has 3 aromatic rings. The zero-order chi connectivity index (χ0) is 18.0. The lowest BCUT2D eigenvalue weighted by Gasteiger charge is -2.17. The van der Waals surface area contributed by atoms with Gasteiger partial charge in [0, 0.05) is 23.5 Å². The first kappa shape index (κ1) is 17.8. The molecule has 0 fully saturated rings. The van der Waals surface area contributed by atoms with E-state index < -0.39 is 10.0 Å². The fourth-order valence-electron chi connectivity index (χ4n) is 2.56. The van der Waals surface area contributed by atoms with E-state index in [1.54, 1.807) is 13.0 Å². The topological polar surface area (TPSA) is 76.3 Å². The van der Waals surface area contributed by atoms with Crippen LogP contribution in [0.2, 0.25) is 0 Å². The third kappa shape index (κ3) is 3.37. The SMILES string of the molecule is CCN(CC)S(=O)(=O)c1cc(-c2nc(-c3ccccc3)no2)sc1C. The Kier molecular flexibility index (Phi) is 5.03. The van der Waals surface area contributed by atoms with Crippen LogP contribution in [0.3, 0.4) is 0 Å². The Morgan fingerprint density at radius 2 is 1.84 bits per heavy atom. The Bertz CT molecular complexity index is 958. The van der Waals surface area contributed by atoms with E-state index in [-0.39, 0.29) is 0 Å². The Hall–Kier alpha value is -2.03. The maximum Gasteiger partial charge on any atom is 0.268 e. The molecule has 2 heterocycles. The average Bonchev–Trinajstić information content (AvgIpc) is 3.23. The second-order valence-corrected chi connectivity index (χ2v) is 8.57. The Balaban J connectivity index is 1.97. The van der Waals surface area contributed by atoms with Crippen LogP contribution in [0.15, 0.2) is 45.8 Å². The van der Waals surface area contributed by atoms with Gasteiger partial charge in [-0.05, 0) is 13.0 Å². The van der Waals surface area contributed by atoms with Gasteiger partial charge in [0.2, 0.25) is 15.8 Å². The summed E-state index contributed by atoms with van der Waals surface area (Å²) in [6.07, 6.45) is 0. The second-order valence-electron chi connectivity index (χ2n) is 5.41. The summed E-state index contributed by atoms with van der Waals surface area (Å²) in [6, 6.07) is 11.1. The van der Waals surface area contributed by atoms with Gasteiger partial charge >= 0.3 is 0 Å². The standard InChI is InChI=1S/C17H19N3O3S2/c1-4-20(5-2)25(21,22)15-11-14(24-12(15)3)17-18-16(19-23-17)13-9-7-6-8-10-13/h6-11H,4-5H2,1-3H3. The smallest absolute Gasteiger partial charge is 0.268 e. The van der Waals surface area contributed by atoms with Crippen LogP contribution in [0.1, 0.15) is 18.7 Å². The van der Waals surface area contributed by atoms with Crippen molar-refractivity contribution in [2.75, 3.05) is 13.1 Å². The van der Waals surface area contributed by atoms with E-state index in [4.69, 9.17) is 4.52 Å². The van der Waals surface area contributed by atoms with Crippen LogP contribution in [0.4, 0.5) is 0 Å². The number of aryl methyl sites for hydroxylation is 1. The van der Waals surface area contributed by atoms with Gasteiger partial charge in [0.25, 0.3) is 5.89 Å². The van der Waals surface area contributed by atoms with Gasteiger partial charge in [-0.2, -0.15) is 9.29 Å². The quantitative estimate of drug-likeness (QED) is 0.653. The fourth-order valence-corrected chi connectivity index (χ4v) is 5.50. The summed E-state index contributed by atoms with van der Waals surface area (Å²) in [7, 11) is -3.51. The molecule has 0 saturated heterocycles. The predicted octanol–water partition coefficient (Wildman–Crippen LogP) is 3.80. The summed E-state index contributed by atoms with van der Waals surface area (Å²) in [5, 5.41) is 3.99. The first-order chi connectivity index (χ1) is 12.0. The zero-order valence-electron chi connectivity index (χ0n) is 14.3. The van der Waals surface area contributed by atoms with Gasteiger partial charge in [-0.3, -0.25) is 0 Å². The highest BCUT2D eigenvalue weighted by Gasteiger charge is 2.27. The van der Waals surface area contributed by atoms with Crippen molar-refractivity contribution < 1.29 is 12.9 Å². The van der Waals surface area contributed by atoms with Crippen molar-refractivity contribution in [1.82, 2.24) is 14.4 Å². The number of rotatable bonds is 6. The lowest BCUT2D eigenvalue weighted by atomic mass is 10.2. The van der Waals surface area contributed by atoms with Crippen molar-refractivity contribution in [1.29, 1.82) is 0 Å². The van der Waals surface area contributed by atoms with Crippen molar-refractivity contribution in [2.24, 2.45) is 0 Å². The molecule has 3 rings (SSSR count). The van der Waals surface area contributed by atoms with Gasteiger partial charge in [-0.1, -0.05) is 49.3 Å². The molecule has 1 aromatic carbocycles. The van der Waals surface area contributed by atoms with E-state index >= 15 is 0 Å². The first-order valence-electron chi connectivity index (χ1n) is 7.97. The summed E-state index contributed by atoms with van der Waals surface area (Å²) in [5.74, 6) is 0.808. The molecular formula is C17H19N3O3S2. The van der Waals surface area contributed by atoms with Crippen molar-refractivity contribution in [3.8, 4) is 22.2 Å². The van der Waals surface area contributed by atoms with Crippen LogP contribution in [0.25, 0.3) is 22.2 Å². The number of aromatic nitrogens is 2. The van der Waals surface area contributed by atoms with E-state index in [0.29, 0.717) is 39.5 Å². The van der Waals surface area contributed by atoms with Gasteiger partial charge in [-0.25, -0.2) is 8.42 Å². The largest absolute Gasteiger partial charge is 0.333 e. The van der Waals surface area contributed by atoms with Crippen molar-refractivity contribution >= 4 is 21.4 Å². The normalized spacial score (nSPS) is 12.0. The second kappa shape index (κ2) is 7.07. The minimum atomic E-state index is -3.51. The number of thiophene rings is 1. The summed E-state index contributed by atoms with van der Waals surface area (Å²) in [5.41, 5.74) is 0.849.